The molecular weight excluding hydrogens is 458 g/mol. The number of hydrogen-bond donors (Lipinski definition) is 3. The van der Waals surface area contributed by atoms with Crippen molar-refractivity contribution in [3.8, 4) is 11.5 Å². The highest BCUT2D eigenvalue weighted by molar-refractivity contribution is 5.77. The van der Waals surface area contributed by atoms with E-state index in [4.69, 9.17) is 0 Å². The zero-order valence-corrected chi connectivity index (χ0v) is 23.0. The molecule has 0 unspecified atom stereocenters. The number of aromatic hydroxyl groups is 2. The van der Waals surface area contributed by atoms with E-state index >= 15 is 0 Å². The molecule has 2 aromatic rings. The number of amides is 1. The van der Waals surface area contributed by atoms with Crippen LogP contribution in [0.2, 0.25) is 0 Å². The van der Waals surface area contributed by atoms with Crippen molar-refractivity contribution in [2.24, 2.45) is 0 Å². The molecule has 0 aliphatic rings. The summed E-state index contributed by atoms with van der Waals surface area (Å²) in [6.45, 7) is 2.97. The van der Waals surface area contributed by atoms with Gasteiger partial charge in [-0.25, -0.2) is 0 Å². The average Bonchev–Trinajstić information content (AvgIpc) is 2.90. The number of unbranched alkanes of at least 4 members (excludes halogenated alkanes) is 12. The van der Waals surface area contributed by atoms with Gasteiger partial charge in [0.15, 0.2) is 0 Å². The summed E-state index contributed by atoms with van der Waals surface area (Å²) in [5.74, 6) is 0.315. The van der Waals surface area contributed by atoms with Gasteiger partial charge < -0.3 is 15.5 Å². The normalized spacial score (nSPS) is 11.4. The molecule has 0 aliphatic carbocycles. The van der Waals surface area contributed by atoms with Crippen molar-refractivity contribution in [3.63, 3.8) is 0 Å². The first-order valence-electron chi connectivity index (χ1n) is 14.6. The minimum atomic E-state index is -0.124. The quantitative estimate of drug-likeness (QED) is 0.124. The fraction of sp³-hybridized carbons (Fsp3) is 0.545. The maximum atomic E-state index is 12.7. The van der Waals surface area contributed by atoms with Crippen molar-refractivity contribution in [1.29, 1.82) is 0 Å². The van der Waals surface area contributed by atoms with Crippen molar-refractivity contribution in [1.82, 2.24) is 5.32 Å². The second kappa shape index (κ2) is 19.4. The van der Waals surface area contributed by atoms with E-state index < -0.39 is 0 Å². The largest absolute Gasteiger partial charge is 0.508 e. The maximum Gasteiger partial charge on any atom is 0.220 e. The molecule has 0 radical (unpaired) electrons. The lowest BCUT2D eigenvalue weighted by molar-refractivity contribution is -0.121. The molecule has 37 heavy (non-hydrogen) atoms. The number of hydrogen-bond acceptors (Lipinski definition) is 3. The second-order valence-corrected chi connectivity index (χ2v) is 10.2. The van der Waals surface area contributed by atoms with Crippen LogP contribution in [0.15, 0.2) is 60.7 Å². The molecular formula is C33H49NO3. The summed E-state index contributed by atoms with van der Waals surface area (Å²) in [5, 5.41) is 22.3. The van der Waals surface area contributed by atoms with Gasteiger partial charge >= 0.3 is 0 Å². The first kappa shape index (κ1) is 30.5. The third kappa shape index (κ3) is 13.9. The number of carbonyl (C=O) groups is 1. The highest BCUT2D eigenvalue weighted by Crippen LogP contribution is 2.30. The molecule has 0 saturated heterocycles. The molecule has 0 spiro atoms. The molecule has 4 heteroatoms. The number of phenolic OH excluding ortho intramolecular Hbond substituents is 2. The third-order valence-corrected chi connectivity index (χ3v) is 6.99. The second-order valence-electron chi connectivity index (χ2n) is 10.2. The SMILES string of the molecule is CCCCCCCC/C=C\CCCCCCCCNC(=O)CC(c1ccc(O)cc1)c1ccc(O)cc1. The Morgan fingerprint density at radius 2 is 1.11 bits per heavy atom. The molecule has 0 bridgehead atoms. The van der Waals surface area contributed by atoms with Crippen LogP contribution in [0.4, 0.5) is 0 Å². The van der Waals surface area contributed by atoms with Gasteiger partial charge in [0.25, 0.3) is 0 Å². The van der Waals surface area contributed by atoms with E-state index in [1.165, 1.54) is 77.0 Å². The van der Waals surface area contributed by atoms with Crippen LogP contribution in [0.1, 0.15) is 120 Å². The molecule has 0 heterocycles. The van der Waals surface area contributed by atoms with Crippen molar-refractivity contribution in [2.75, 3.05) is 6.54 Å². The zero-order valence-electron chi connectivity index (χ0n) is 23.0. The molecule has 0 aromatic heterocycles. The fourth-order valence-electron chi connectivity index (χ4n) is 4.70. The van der Waals surface area contributed by atoms with Gasteiger partial charge in [-0.15, -0.1) is 0 Å². The monoisotopic (exact) mass is 507 g/mol. The molecule has 3 N–H and O–H groups in total. The van der Waals surface area contributed by atoms with Gasteiger partial charge in [-0.05, 0) is 67.5 Å². The molecule has 2 aromatic carbocycles. The number of allylic oxidation sites excluding steroid dienone is 2. The average molecular weight is 508 g/mol. The number of nitrogens with one attached hydrogen (secondary N) is 1. The Balaban J connectivity index is 1.54. The summed E-state index contributed by atoms with van der Waals surface area (Å²) in [4.78, 5) is 12.7. The van der Waals surface area contributed by atoms with E-state index in [2.05, 4.69) is 24.4 Å². The Hall–Kier alpha value is -2.75. The summed E-state index contributed by atoms with van der Waals surface area (Å²) in [5.41, 5.74) is 1.94. The smallest absolute Gasteiger partial charge is 0.220 e. The molecule has 0 atom stereocenters. The number of phenols is 2. The first-order valence-corrected chi connectivity index (χ1v) is 14.6. The van der Waals surface area contributed by atoms with Crippen LogP contribution >= 0.6 is 0 Å². The van der Waals surface area contributed by atoms with Crippen LogP contribution in [0.3, 0.4) is 0 Å². The van der Waals surface area contributed by atoms with Gasteiger partial charge in [0.2, 0.25) is 5.91 Å². The highest BCUT2D eigenvalue weighted by atomic mass is 16.3. The number of carbonyl (C=O) groups excluding carboxylic acids is 1. The Bertz CT molecular complexity index is 828. The van der Waals surface area contributed by atoms with Gasteiger partial charge in [0, 0.05) is 18.9 Å². The van der Waals surface area contributed by atoms with Crippen LogP contribution < -0.4 is 5.32 Å². The maximum absolute atomic E-state index is 12.7. The molecule has 0 saturated carbocycles. The van der Waals surface area contributed by atoms with Crippen LogP contribution in [0.25, 0.3) is 0 Å². The van der Waals surface area contributed by atoms with Gasteiger partial charge in [-0.2, -0.15) is 0 Å². The minimum Gasteiger partial charge on any atom is -0.508 e. The van der Waals surface area contributed by atoms with E-state index in [-0.39, 0.29) is 23.3 Å². The predicted octanol–water partition coefficient (Wildman–Crippen LogP) is 8.77. The Morgan fingerprint density at radius 1 is 0.676 bits per heavy atom. The lowest BCUT2D eigenvalue weighted by Crippen LogP contribution is -2.26. The van der Waals surface area contributed by atoms with E-state index in [9.17, 15) is 15.0 Å². The van der Waals surface area contributed by atoms with Gasteiger partial charge in [0.05, 0.1) is 0 Å². The van der Waals surface area contributed by atoms with E-state index in [1.807, 2.05) is 24.3 Å². The van der Waals surface area contributed by atoms with Crippen LogP contribution in [0.5, 0.6) is 11.5 Å². The van der Waals surface area contributed by atoms with Crippen LogP contribution in [-0.4, -0.2) is 22.7 Å². The Morgan fingerprint density at radius 3 is 1.59 bits per heavy atom. The first-order chi connectivity index (χ1) is 18.1. The van der Waals surface area contributed by atoms with Crippen molar-refractivity contribution >= 4 is 5.91 Å². The van der Waals surface area contributed by atoms with E-state index in [0.717, 1.165) is 24.0 Å². The Kier molecular flexibility index (Phi) is 16.0. The van der Waals surface area contributed by atoms with Crippen LogP contribution in [-0.2, 0) is 4.79 Å². The predicted molar refractivity (Wildman–Crippen MR) is 155 cm³/mol. The van der Waals surface area contributed by atoms with E-state index in [0.29, 0.717) is 13.0 Å². The molecule has 1 amide bonds. The zero-order chi connectivity index (χ0) is 26.6. The summed E-state index contributed by atoms with van der Waals surface area (Å²) in [6, 6.07) is 14.0. The van der Waals surface area contributed by atoms with Gasteiger partial charge in [-0.3, -0.25) is 4.79 Å². The molecule has 0 aliphatic heterocycles. The summed E-state index contributed by atoms with van der Waals surface area (Å²) >= 11 is 0. The molecule has 204 valence electrons. The molecule has 2 rings (SSSR count). The third-order valence-electron chi connectivity index (χ3n) is 6.99. The lowest BCUT2D eigenvalue weighted by Gasteiger charge is -2.18. The van der Waals surface area contributed by atoms with Gasteiger partial charge in [-0.1, -0.05) is 101 Å². The lowest BCUT2D eigenvalue weighted by atomic mass is 9.88. The number of benzene rings is 2. The summed E-state index contributed by atoms with van der Waals surface area (Å²) in [6.07, 6.45) is 22.9. The summed E-state index contributed by atoms with van der Waals surface area (Å²) < 4.78 is 0. The van der Waals surface area contributed by atoms with Gasteiger partial charge in [0.1, 0.15) is 11.5 Å². The standard InChI is InChI=1S/C33H49NO3/c1-2-3-4-5-6-7-8-9-10-11-12-13-14-15-16-17-26-34-33(37)27-32(28-18-22-30(35)23-19-28)29-20-24-31(36)25-21-29/h9-10,18-25,32,35-36H,2-8,11-17,26-27H2,1H3,(H,34,37)/b10-9-. The van der Waals surface area contributed by atoms with Crippen molar-refractivity contribution in [3.05, 3.63) is 71.8 Å². The highest BCUT2D eigenvalue weighted by Gasteiger charge is 2.18. The fourth-order valence-corrected chi connectivity index (χ4v) is 4.70. The van der Waals surface area contributed by atoms with Crippen LogP contribution in [0, 0.1) is 0 Å². The molecule has 4 nitrogen and oxygen atoms in total. The van der Waals surface area contributed by atoms with Crippen molar-refractivity contribution < 1.29 is 15.0 Å². The minimum absolute atomic E-state index is 0.0268. The molecule has 0 fully saturated rings. The van der Waals surface area contributed by atoms with Crippen molar-refractivity contribution in [2.45, 2.75) is 109 Å². The topological polar surface area (TPSA) is 69.6 Å². The number of rotatable bonds is 20. The Labute approximate surface area is 225 Å². The van der Waals surface area contributed by atoms with E-state index in [1.54, 1.807) is 24.3 Å². The summed E-state index contributed by atoms with van der Waals surface area (Å²) in [7, 11) is 0.